The van der Waals surface area contributed by atoms with Crippen molar-refractivity contribution in [3.05, 3.63) is 69.8 Å². The summed E-state index contributed by atoms with van der Waals surface area (Å²) in [6.45, 7) is 8.72. The topological polar surface area (TPSA) is 12.0 Å². The van der Waals surface area contributed by atoms with E-state index in [1.807, 2.05) is 20.8 Å². The Bertz CT molecular complexity index is 650. The molecule has 0 aliphatic rings. The molecule has 1 N–H and O–H groups in total. The zero-order chi connectivity index (χ0) is 15.6. The molecule has 0 heterocycles. The van der Waals surface area contributed by atoms with Gasteiger partial charge in [-0.1, -0.05) is 31.2 Å². The van der Waals surface area contributed by atoms with Crippen LogP contribution in [0.4, 0.5) is 8.78 Å². The van der Waals surface area contributed by atoms with Crippen LogP contribution in [0, 0.1) is 32.4 Å². The van der Waals surface area contributed by atoms with E-state index in [-0.39, 0.29) is 6.04 Å². The summed E-state index contributed by atoms with van der Waals surface area (Å²) >= 11 is 0. The van der Waals surface area contributed by atoms with E-state index in [2.05, 4.69) is 24.4 Å². The Kier molecular flexibility index (Phi) is 4.73. The van der Waals surface area contributed by atoms with E-state index in [0.717, 1.165) is 22.8 Å². The van der Waals surface area contributed by atoms with Gasteiger partial charge in [0, 0.05) is 5.56 Å². The summed E-state index contributed by atoms with van der Waals surface area (Å²) in [5, 5.41) is 3.26. The number of rotatable bonds is 4. The Morgan fingerprint density at radius 3 is 2.29 bits per heavy atom. The van der Waals surface area contributed by atoms with Crippen LogP contribution < -0.4 is 5.32 Å². The fourth-order valence-corrected chi connectivity index (χ4v) is 2.63. The highest BCUT2D eigenvalue weighted by Crippen LogP contribution is 2.29. The molecule has 0 bridgehead atoms. The first-order valence-electron chi connectivity index (χ1n) is 7.20. The lowest BCUT2D eigenvalue weighted by molar-refractivity contribution is 0.482. The molecular formula is C18H21F2N. The van der Waals surface area contributed by atoms with E-state index in [0.29, 0.717) is 12.1 Å². The molecule has 3 heteroatoms. The van der Waals surface area contributed by atoms with Gasteiger partial charge in [-0.3, -0.25) is 0 Å². The number of hydrogen-bond acceptors (Lipinski definition) is 1. The van der Waals surface area contributed by atoms with Crippen LogP contribution in [-0.2, 0) is 0 Å². The van der Waals surface area contributed by atoms with Crippen LogP contribution in [0.15, 0.2) is 30.3 Å². The molecule has 0 aliphatic carbocycles. The Morgan fingerprint density at radius 2 is 1.62 bits per heavy atom. The van der Waals surface area contributed by atoms with Gasteiger partial charge in [0.1, 0.15) is 0 Å². The van der Waals surface area contributed by atoms with E-state index < -0.39 is 11.6 Å². The molecule has 0 saturated heterocycles. The summed E-state index contributed by atoms with van der Waals surface area (Å²) in [6.07, 6.45) is 0. The molecule has 112 valence electrons. The summed E-state index contributed by atoms with van der Waals surface area (Å²) in [6, 6.07) is 8.14. The van der Waals surface area contributed by atoms with Gasteiger partial charge in [-0.15, -0.1) is 0 Å². The molecule has 2 rings (SSSR count). The fraction of sp³-hybridized carbons (Fsp3) is 0.333. The molecule has 0 spiro atoms. The SMILES string of the molecule is CCNC(c1cc(C)c(C)cc1C)c1cccc(F)c1F. The number of nitrogens with one attached hydrogen (secondary N) is 1. The zero-order valence-corrected chi connectivity index (χ0v) is 12.9. The first-order chi connectivity index (χ1) is 9.95. The summed E-state index contributed by atoms with van der Waals surface area (Å²) < 4.78 is 27.7. The Morgan fingerprint density at radius 1 is 0.952 bits per heavy atom. The van der Waals surface area contributed by atoms with Crippen LogP contribution in [-0.4, -0.2) is 6.54 Å². The molecule has 2 aromatic carbocycles. The molecule has 0 amide bonds. The molecule has 0 radical (unpaired) electrons. The molecule has 21 heavy (non-hydrogen) atoms. The summed E-state index contributed by atoms with van der Waals surface area (Å²) in [5.41, 5.74) is 4.77. The second-order valence-corrected chi connectivity index (χ2v) is 5.43. The molecule has 0 fully saturated rings. The van der Waals surface area contributed by atoms with Gasteiger partial charge in [-0.05, 0) is 55.6 Å². The largest absolute Gasteiger partial charge is 0.306 e. The Balaban J connectivity index is 2.59. The van der Waals surface area contributed by atoms with E-state index >= 15 is 0 Å². The van der Waals surface area contributed by atoms with Gasteiger partial charge in [-0.2, -0.15) is 0 Å². The lowest BCUT2D eigenvalue weighted by Crippen LogP contribution is -2.24. The highest BCUT2D eigenvalue weighted by atomic mass is 19.2. The molecule has 0 saturated carbocycles. The molecule has 1 nitrogen and oxygen atoms in total. The third-order valence-corrected chi connectivity index (χ3v) is 3.89. The summed E-state index contributed by atoms with van der Waals surface area (Å²) in [4.78, 5) is 0. The predicted molar refractivity (Wildman–Crippen MR) is 82.5 cm³/mol. The van der Waals surface area contributed by atoms with Crippen LogP contribution >= 0.6 is 0 Å². The minimum Gasteiger partial charge on any atom is -0.306 e. The van der Waals surface area contributed by atoms with Crippen LogP contribution in [0.1, 0.15) is 40.8 Å². The molecule has 0 aromatic heterocycles. The predicted octanol–water partition coefficient (Wildman–Crippen LogP) is 4.59. The van der Waals surface area contributed by atoms with Gasteiger partial charge in [0.05, 0.1) is 6.04 Å². The van der Waals surface area contributed by atoms with E-state index in [1.54, 1.807) is 12.1 Å². The average Bonchev–Trinajstić information content (AvgIpc) is 2.44. The van der Waals surface area contributed by atoms with Crippen LogP contribution in [0.2, 0.25) is 0 Å². The number of aryl methyl sites for hydroxylation is 3. The summed E-state index contributed by atoms with van der Waals surface area (Å²) in [7, 11) is 0. The minimum atomic E-state index is -0.808. The monoisotopic (exact) mass is 289 g/mol. The van der Waals surface area contributed by atoms with Crippen molar-refractivity contribution in [3.8, 4) is 0 Å². The fourth-order valence-electron chi connectivity index (χ4n) is 2.63. The highest BCUT2D eigenvalue weighted by molar-refractivity contribution is 5.42. The maximum absolute atomic E-state index is 14.2. The van der Waals surface area contributed by atoms with Crippen molar-refractivity contribution in [2.24, 2.45) is 0 Å². The first kappa shape index (κ1) is 15.6. The van der Waals surface area contributed by atoms with Gasteiger partial charge in [-0.25, -0.2) is 8.78 Å². The average molecular weight is 289 g/mol. The van der Waals surface area contributed by atoms with Gasteiger partial charge in [0.25, 0.3) is 0 Å². The Hall–Kier alpha value is -1.74. The molecule has 1 atom stereocenters. The third-order valence-electron chi connectivity index (χ3n) is 3.89. The quantitative estimate of drug-likeness (QED) is 0.868. The van der Waals surface area contributed by atoms with E-state index in [9.17, 15) is 8.78 Å². The molecule has 2 aromatic rings. The highest BCUT2D eigenvalue weighted by Gasteiger charge is 2.21. The maximum Gasteiger partial charge on any atom is 0.163 e. The lowest BCUT2D eigenvalue weighted by atomic mass is 9.91. The maximum atomic E-state index is 14.2. The minimum absolute atomic E-state index is 0.343. The second-order valence-electron chi connectivity index (χ2n) is 5.43. The lowest BCUT2D eigenvalue weighted by Gasteiger charge is -2.23. The van der Waals surface area contributed by atoms with Crippen molar-refractivity contribution in [1.82, 2.24) is 5.32 Å². The number of benzene rings is 2. The van der Waals surface area contributed by atoms with Crippen molar-refractivity contribution in [1.29, 1.82) is 0 Å². The van der Waals surface area contributed by atoms with E-state index in [1.165, 1.54) is 5.56 Å². The van der Waals surface area contributed by atoms with Crippen molar-refractivity contribution in [3.63, 3.8) is 0 Å². The Labute approximate surface area is 125 Å². The van der Waals surface area contributed by atoms with Gasteiger partial charge >= 0.3 is 0 Å². The first-order valence-corrected chi connectivity index (χ1v) is 7.20. The van der Waals surface area contributed by atoms with Crippen molar-refractivity contribution >= 4 is 0 Å². The van der Waals surface area contributed by atoms with Gasteiger partial charge in [0.2, 0.25) is 0 Å². The summed E-state index contributed by atoms with van der Waals surface area (Å²) in [5.74, 6) is -1.59. The molecular weight excluding hydrogens is 268 g/mol. The molecule has 1 unspecified atom stereocenters. The van der Waals surface area contributed by atoms with Crippen molar-refractivity contribution < 1.29 is 8.78 Å². The van der Waals surface area contributed by atoms with Crippen LogP contribution in [0.5, 0.6) is 0 Å². The van der Waals surface area contributed by atoms with Gasteiger partial charge in [0.15, 0.2) is 11.6 Å². The van der Waals surface area contributed by atoms with Gasteiger partial charge < -0.3 is 5.32 Å². The van der Waals surface area contributed by atoms with Crippen molar-refractivity contribution in [2.45, 2.75) is 33.7 Å². The zero-order valence-electron chi connectivity index (χ0n) is 12.9. The number of halogens is 2. The van der Waals surface area contributed by atoms with E-state index in [4.69, 9.17) is 0 Å². The second kappa shape index (κ2) is 6.35. The molecule has 0 aliphatic heterocycles. The normalized spacial score (nSPS) is 12.5. The number of hydrogen-bond donors (Lipinski definition) is 1. The van der Waals surface area contributed by atoms with Crippen LogP contribution in [0.3, 0.4) is 0 Å². The standard InChI is InChI=1S/C18H21F2N/c1-5-21-18(14-7-6-8-16(19)17(14)20)15-10-12(3)11(2)9-13(15)4/h6-10,18,21H,5H2,1-4H3. The smallest absolute Gasteiger partial charge is 0.163 e. The van der Waals surface area contributed by atoms with Crippen molar-refractivity contribution in [2.75, 3.05) is 6.54 Å². The van der Waals surface area contributed by atoms with Crippen LogP contribution in [0.25, 0.3) is 0 Å². The third kappa shape index (κ3) is 3.13.